The third-order valence-corrected chi connectivity index (χ3v) is 1.61. The Morgan fingerprint density at radius 3 is 2.50 bits per heavy atom. The van der Waals surface area contributed by atoms with E-state index in [1.807, 2.05) is 0 Å². The third-order valence-electron chi connectivity index (χ3n) is 0.985. The molecule has 0 fully saturated rings. The van der Waals surface area contributed by atoms with Crippen molar-refractivity contribution in [2.24, 2.45) is 5.41 Å². The fraction of sp³-hybridized carbons (Fsp3) is 1.00. The van der Waals surface area contributed by atoms with Crippen molar-refractivity contribution < 1.29 is 14.5 Å². The molecule has 62 valence electrons. The van der Waals surface area contributed by atoms with E-state index in [9.17, 15) is 4.89 Å². The lowest BCUT2D eigenvalue weighted by Gasteiger charge is -2.24. The zero-order valence-electron chi connectivity index (χ0n) is 6.00. The van der Waals surface area contributed by atoms with E-state index in [0.29, 0.717) is 0 Å². The number of aliphatic hydroxyl groups is 1. The summed E-state index contributed by atoms with van der Waals surface area (Å²) in [7, 11) is -2.06. The number of rotatable bonds is 4. The van der Waals surface area contributed by atoms with Crippen LogP contribution in [0.4, 0.5) is 0 Å². The minimum atomic E-state index is -2.06. The van der Waals surface area contributed by atoms with Crippen molar-refractivity contribution in [3.05, 3.63) is 0 Å². The second-order valence-corrected chi connectivity index (χ2v) is 4.32. The molecule has 0 spiro atoms. The predicted molar refractivity (Wildman–Crippen MR) is 39.6 cm³/mol. The Bertz CT molecular complexity index is 96.9. The Morgan fingerprint density at radius 1 is 1.70 bits per heavy atom. The van der Waals surface area contributed by atoms with Crippen molar-refractivity contribution in [3.8, 4) is 0 Å². The van der Waals surface area contributed by atoms with Gasteiger partial charge in [-0.05, 0) is 0 Å². The molecule has 1 N–H and O–H groups in total. The molecule has 0 aromatic carbocycles. The van der Waals surface area contributed by atoms with E-state index in [1.54, 1.807) is 13.8 Å². The van der Waals surface area contributed by atoms with Crippen LogP contribution >= 0.6 is 19.0 Å². The van der Waals surface area contributed by atoms with Gasteiger partial charge in [-0.25, -0.2) is 0 Å². The first-order valence-corrected chi connectivity index (χ1v) is 4.93. The Kier molecular flexibility index (Phi) is 4.74. The standard InChI is InChI=1S/C5H11ClO3P/c1-5(2,3-7)4-9-10(6)8/h7H,3-4H2,1-2H3/q-1. The molecule has 0 bridgehead atoms. The van der Waals surface area contributed by atoms with Gasteiger partial charge in [-0.1, -0.05) is 25.1 Å². The van der Waals surface area contributed by atoms with E-state index in [0.717, 1.165) is 0 Å². The van der Waals surface area contributed by atoms with Crippen LogP contribution in [0.1, 0.15) is 13.8 Å². The minimum Gasteiger partial charge on any atom is -0.796 e. The van der Waals surface area contributed by atoms with Gasteiger partial charge in [0.1, 0.15) is 0 Å². The van der Waals surface area contributed by atoms with Crippen LogP contribution in [0.5, 0.6) is 0 Å². The van der Waals surface area contributed by atoms with Crippen LogP contribution in [-0.4, -0.2) is 18.3 Å². The van der Waals surface area contributed by atoms with Crippen molar-refractivity contribution in [1.82, 2.24) is 0 Å². The Hall–Kier alpha value is 0.600. The lowest BCUT2D eigenvalue weighted by molar-refractivity contribution is -0.176. The molecule has 0 aromatic rings. The van der Waals surface area contributed by atoms with Crippen LogP contribution in [0, 0.1) is 5.41 Å². The number of hydrogen-bond donors (Lipinski definition) is 1. The molecule has 0 amide bonds. The van der Waals surface area contributed by atoms with Crippen molar-refractivity contribution in [1.29, 1.82) is 0 Å². The van der Waals surface area contributed by atoms with Gasteiger partial charge in [0.2, 0.25) is 0 Å². The van der Waals surface area contributed by atoms with Crippen molar-refractivity contribution in [3.63, 3.8) is 0 Å². The molecule has 10 heavy (non-hydrogen) atoms. The first-order chi connectivity index (χ1) is 4.48. The number of hydrogen-bond acceptors (Lipinski definition) is 3. The van der Waals surface area contributed by atoms with Crippen LogP contribution in [0.3, 0.4) is 0 Å². The summed E-state index contributed by atoms with van der Waals surface area (Å²) < 4.78 is 4.61. The van der Waals surface area contributed by atoms with Gasteiger partial charge in [-0.2, -0.15) is 0 Å². The molecule has 0 aliphatic carbocycles. The summed E-state index contributed by atoms with van der Waals surface area (Å²) in [6.07, 6.45) is 0. The summed E-state index contributed by atoms with van der Waals surface area (Å²) in [4.78, 5) is 10.2. The third kappa shape index (κ3) is 5.39. The maximum Gasteiger partial charge on any atom is 0.0581 e. The average Bonchev–Trinajstić information content (AvgIpc) is 1.85. The predicted octanol–water partition coefficient (Wildman–Crippen LogP) is 0.847. The van der Waals surface area contributed by atoms with Crippen LogP contribution < -0.4 is 4.89 Å². The lowest BCUT2D eigenvalue weighted by atomic mass is 9.97. The largest absolute Gasteiger partial charge is 0.796 e. The van der Waals surface area contributed by atoms with E-state index in [-0.39, 0.29) is 18.6 Å². The second kappa shape index (κ2) is 4.47. The van der Waals surface area contributed by atoms with Crippen LogP contribution in [-0.2, 0) is 4.52 Å². The molecule has 0 saturated carbocycles. The van der Waals surface area contributed by atoms with Gasteiger partial charge in [-0.15, -0.1) is 0 Å². The second-order valence-electron chi connectivity index (χ2n) is 2.81. The Balaban J connectivity index is 3.46. The lowest BCUT2D eigenvalue weighted by Crippen LogP contribution is -2.22. The van der Waals surface area contributed by atoms with Gasteiger partial charge in [0.15, 0.2) is 0 Å². The molecule has 0 heterocycles. The molecule has 0 saturated heterocycles. The van der Waals surface area contributed by atoms with Gasteiger partial charge >= 0.3 is 0 Å². The van der Waals surface area contributed by atoms with Gasteiger partial charge in [0.25, 0.3) is 0 Å². The molecular weight excluding hydrogens is 174 g/mol. The summed E-state index contributed by atoms with van der Waals surface area (Å²) >= 11 is 5.05. The number of aliphatic hydroxyl groups excluding tert-OH is 1. The first-order valence-electron chi connectivity index (χ1n) is 2.85. The Labute approximate surface area is 66.7 Å². The topological polar surface area (TPSA) is 52.5 Å². The van der Waals surface area contributed by atoms with Crippen LogP contribution in [0.15, 0.2) is 0 Å². The highest BCUT2D eigenvalue weighted by Crippen LogP contribution is 2.34. The van der Waals surface area contributed by atoms with Crippen molar-refractivity contribution >= 4 is 19.0 Å². The first kappa shape index (κ1) is 10.6. The molecule has 0 aromatic heterocycles. The monoisotopic (exact) mass is 185 g/mol. The molecule has 0 aliphatic heterocycles. The highest BCUT2D eigenvalue weighted by Gasteiger charge is 2.16. The summed E-state index contributed by atoms with van der Waals surface area (Å²) in [5, 5.41) is 8.69. The summed E-state index contributed by atoms with van der Waals surface area (Å²) in [6, 6.07) is 0. The molecule has 5 heteroatoms. The fourth-order valence-corrected chi connectivity index (χ4v) is 0.869. The smallest absolute Gasteiger partial charge is 0.0581 e. The van der Waals surface area contributed by atoms with E-state index in [2.05, 4.69) is 4.52 Å². The Morgan fingerprint density at radius 2 is 2.20 bits per heavy atom. The fourth-order valence-electron chi connectivity index (χ4n) is 0.271. The summed E-state index contributed by atoms with van der Waals surface area (Å²) in [5.74, 6) is 0. The summed E-state index contributed by atoms with van der Waals surface area (Å²) in [6.45, 7) is 3.79. The van der Waals surface area contributed by atoms with Crippen molar-refractivity contribution in [2.45, 2.75) is 13.8 Å². The van der Waals surface area contributed by atoms with E-state index < -0.39 is 7.73 Å². The highest BCUT2D eigenvalue weighted by atomic mass is 35.7. The molecular formula is C5H11ClO3P-. The molecule has 0 radical (unpaired) electrons. The molecule has 1 atom stereocenters. The molecule has 3 nitrogen and oxygen atoms in total. The zero-order chi connectivity index (χ0) is 8.20. The van der Waals surface area contributed by atoms with Crippen LogP contribution in [0.2, 0.25) is 0 Å². The SMILES string of the molecule is CC(C)(CO)COP([O-])Cl. The summed E-state index contributed by atoms with van der Waals surface area (Å²) in [5.41, 5.74) is -0.361. The molecule has 0 rings (SSSR count). The number of halogens is 1. The van der Waals surface area contributed by atoms with Crippen LogP contribution in [0.25, 0.3) is 0 Å². The molecule has 0 aliphatic rings. The normalized spacial score (nSPS) is 15.3. The van der Waals surface area contributed by atoms with Gasteiger partial charge in [0.05, 0.1) is 13.2 Å². The van der Waals surface area contributed by atoms with E-state index in [1.165, 1.54) is 0 Å². The minimum absolute atomic E-state index is 0.00688. The maximum absolute atomic E-state index is 10.2. The zero-order valence-corrected chi connectivity index (χ0v) is 7.65. The average molecular weight is 186 g/mol. The highest BCUT2D eigenvalue weighted by molar-refractivity contribution is 7.74. The van der Waals surface area contributed by atoms with Gasteiger partial charge in [0, 0.05) is 13.1 Å². The van der Waals surface area contributed by atoms with Gasteiger partial charge < -0.3 is 14.5 Å². The quantitative estimate of drug-likeness (QED) is 0.661. The maximum atomic E-state index is 10.2. The molecule has 1 unspecified atom stereocenters. The van der Waals surface area contributed by atoms with Crippen molar-refractivity contribution in [2.75, 3.05) is 13.2 Å². The van der Waals surface area contributed by atoms with Gasteiger partial charge in [-0.3, -0.25) is 0 Å². The van der Waals surface area contributed by atoms with E-state index in [4.69, 9.17) is 16.3 Å². The van der Waals surface area contributed by atoms with E-state index >= 15 is 0 Å².